The summed E-state index contributed by atoms with van der Waals surface area (Å²) in [7, 11) is -2.40. The molecule has 0 aliphatic carbocycles. The first-order valence-corrected chi connectivity index (χ1v) is 7.44. The maximum atomic E-state index is 12.1. The molecule has 19 heavy (non-hydrogen) atoms. The van der Waals surface area contributed by atoms with Crippen LogP contribution >= 0.6 is 0 Å². The fraction of sp³-hybridized carbons (Fsp3) is 0.900. The zero-order chi connectivity index (χ0) is 14.5. The largest absolute Gasteiger partial charge is 0.481 e. The molecule has 0 aromatic carbocycles. The molecule has 1 saturated heterocycles. The maximum absolute atomic E-state index is 12.1. The van der Waals surface area contributed by atoms with Crippen molar-refractivity contribution >= 4 is 16.2 Å². The molecular formula is C10H20N2O6S. The Labute approximate surface area is 112 Å². The van der Waals surface area contributed by atoms with Crippen LogP contribution in [-0.2, 0) is 19.7 Å². The average Bonchev–Trinajstić information content (AvgIpc) is 2.38. The Bertz CT molecular complexity index is 399. The number of piperidine rings is 1. The first-order valence-electron chi connectivity index (χ1n) is 6.00. The van der Waals surface area contributed by atoms with Gasteiger partial charge in [-0.2, -0.15) is 17.4 Å². The second-order valence-corrected chi connectivity index (χ2v) is 6.20. The number of aliphatic hydroxyl groups is 1. The molecule has 1 aliphatic rings. The standard InChI is InChI=1S/C10H20N2O6S/c1-18-7-9(6-13)11-19(16,17)12-4-2-3-8(5-12)10(14)15/h8-9,11,13H,2-7H2,1H3,(H,14,15). The van der Waals surface area contributed by atoms with Crippen LogP contribution in [0.3, 0.4) is 0 Å². The van der Waals surface area contributed by atoms with Gasteiger partial charge in [0.1, 0.15) is 0 Å². The summed E-state index contributed by atoms with van der Waals surface area (Å²) in [5.41, 5.74) is 0. The van der Waals surface area contributed by atoms with Crippen molar-refractivity contribution in [2.75, 3.05) is 33.4 Å². The number of hydrogen-bond donors (Lipinski definition) is 3. The fourth-order valence-electron chi connectivity index (χ4n) is 1.97. The molecular weight excluding hydrogens is 276 g/mol. The second-order valence-electron chi connectivity index (χ2n) is 4.49. The highest BCUT2D eigenvalue weighted by Crippen LogP contribution is 2.18. The number of rotatable bonds is 7. The molecule has 1 fully saturated rings. The maximum Gasteiger partial charge on any atom is 0.307 e. The van der Waals surface area contributed by atoms with Gasteiger partial charge in [0.15, 0.2) is 0 Å². The number of nitrogens with one attached hydrogen (secondary N) is 1. The molecule has 0 amide bonds. The van der Waals surface area contributed by atoms with Crippen molar-refractivity contribution in [3.8, 4) is 0 Å². The van der Waals surface area contributed by atoms with Crippen LogP contribution in [0.1, 0.15) is 12.8 Å². The monoisotopic (exact) mass is 296 g/mol. The van der Waals surface area contributed by atoms with Gasteiger partial charge in [0.2, 0.25) is 0 Å². The first kappa shape index (κ1) is 16.3. The van der Waals surface area contributed by atoms with Crippen LogP contribution in [-0.4, -0.2) is 68.4 Å². The first-order chi connectivity index (χ1) is 8.90. The molecule has 1 rings (SSSR count). The van der Waals surface area contributed by atoms with Gasteiger partial charge in [0, 0.05) is 20.2 Å². The number of aliphatic carboxylic acids is 1. The highest BCUT2D eigenvalue weighted by molar-refractivity contribution is 7.87. The minimum Gasteiger partial charge on any atom is -0.481 e. The quantitative estimate of drug-likeness (QED) is 0.533. The van der Waals surface area contributed by atoms with Crippen LogP contribution in [0.15, 0.2) is 0 Å². The van der Waals surface area contributed by atoms with E-state index in [-0.39, 0.29) is 26.3 Å². The van der Waals surface area contributed by atoms with Gasteiger partial charge in [0.05, 0.1) is 25.2 Å². The summed E-state index contributed by atoms with van der Waals surface area (Å²) >= 11 is 0. The predicted molar refractivity (Wildman–Crippen MR) is 66.7 cm³/mol. The molecule has 0 spiro atoms. The highest BCUT2D eigenvalue weighted by atomic mass is 32.2. The fourth-order valence-corrected chi connectivity index (χ4v) is 3.43. The van der Waals surface area contributed by atoms with E-state index in [0.29, 0.717) is 12.8 Å². The number of carboxylic acid groups (broad SMARTS) is 1. The van der Waals surface area contributed by atoms with Crippen molar-refractivity contribution in [2.45, 2.75) is 18.9 Å². The van der Waals surface area contributed by atoms with E-state index in [1.807, 2.05) is 0 Å². The molecule has 0 aromatic rings. The van der Waals surface area contributed by atoms with Crippen molar-refractivity contribution in [3.05, 3.63) is 0 Å². The number of carbonyl (C=O) groups is 1. The summed E-state index contributed by atoms with van der Waals surface area (Å²) in [4.78, 5) is 10.9. The van der Waals surface area contributed by atoms with Gasteiger partial charge in [-0.25, -0.2) is 0 Å². The minimum atomic E-state index is -3.80. The van der Waals surface area contributed by atoms with E-state index >= 15 is 0 Å². The summed E-state index contributed by atoms with van der Waals surface area (Å²) in [6.45, 7) is -0.102. The molecule has 0 bridgehead atoms. The van der Waals surface area contributed by atoms with Crippen molar-refractivity contribution < 1.29 is 28.2 Å². The zero-order valence-corrected chi connectivity index (χ0v) is 11.6. The van der Waals surface area contributed by atoms with E-state index in [4.69, 9.17) is 14.9 Å². The predicted octanol–water partition coefficient (Wildman–Crippen LogP) is -1.38. The lowest BCUT2D eigenvalue weighted by Crippen LogP contribution is -2.51. The molecule has 112 valence electrons. The lowest BCUT2D eigenvalue weighted by Gasteiger charge is -2.31. The molecule has 2 unspecified atom stereocenters. The van der Waals surface area contributed by atoms with Gasteiger partial charge in [-0.05, 0) is 12.8 Å². The third kappa shape index (κ3) is 4.69. The molecule has 2 atom stereocenters. The van der Waals surface area contributed by atoms with E-state index < -0.39 is 28.1 Å². The summed E-state index contributed by atoms with van der Waals surface area (Å²) < 4.78 is 32.3. The molecule has 8 nitrogen and oxygen atoms in total. The van der Waals surface area contributed by atoms with Crippen LogP contribution in [0.4, 0.5) is 0 Å². The summed E-state index contributed by atoms with van der Waals surface area (Å²) in [6, 6.07) is -0.736. The van der Waals surface area contributed by atoms with Crippen molar-refractivity contribution in [1.29, 1.82) is 0 Å². The Morgan fingerprint density at radius 2 is 2.26 bits per heavy atom. The van der Waals surface area contributed by atoms with Crippen LogP contribution in [0.2, 0.25) is 0 Å². The highest BCUT2D eigenvalue weighted by Gasteiger charge is 2.33. The average molecular weight is 296 g/mol. The van der Waals surface area contributed by atoms with Gasteiger partial charge in [0.25, 0.3) is 10.2 Å². The normalized spacial score (nSPS) is 23.2. The van der Waals surface area contributed by atoms with Crippen LogP contribution in [0.5, 0.6) is 0 Å². The molecule has 9 heteroatoms. The Balaban J connectivity index is 2.68. The molecule has 0 aromatic heterocycles. The number of methoxy groups -OCH3 is 1. The van der Waals surface area contributed by atoms with Crippen LogP contribution < -0.4 is 4.72 Å². The van der Waals surface area contributed by atoms with E-state index in [9.17, 15) is 13.2 Å². The molecule has 1 heterocycles. The van der Waals surface area contributed by atoms with Gasteiger partial charge in [-0.3, -0.25) is 4.79 Å². The number of carboxylic acids is 1. The van der Waals surface area contributed by atoms with Crippen LogP contribution in [0.25, 0.3) is 0 Å². The lowest BCUT2D eigenvalue weighted by atomic mass is 10.0. The molecule has 0 radical (unpaired) electrons. The van der Waals surface area contributed by atoms with E-state index in [0.717, 1.165) is 4.31 Å². The van der Waals surface area contributed by atoms with Gasteiger partial charge >= 0.3 is 5.97 Å². The zero-order valence-electron chi connectivity index (χ0n) is 10.8. The van der Waals surface area contributed by atoms with Gasteiger partial charge < -0.3 is 14.9 Å². The van der Waals surface area contributed by atoms with Crippen molar-refractivity contribution in [2.24, 2.45) is 5.92 Å². The number of hydrogen-bond acceptors (Lipinski definition) is 5. The number of nitrogens with zero attached hydrogens (tertiary/aromatic N) is 1. The third-order valence-electron chi connectivity index (χ3n) is 2.98. The summed E-state index contributed by atoms with van der Waals surface area (Å²) in [5.74, 6) is -1.67. The van der Waals surface area contributed by atoms with E-state index in [2.05, 4.69) is 4.72 Å². The van der Waals surface area contributed by atoms with E-state index in [1.165, 1.54) is 7.11 Å². The molecule has 1 aliphatic heterocycles. The minimum absolute atomic E-state index is 0.0458. The topological polar surface area (TPSA) is 116 Å². The second kappa shape index (κ2) is 7.15. The van der Waals surface area contributed by atoms with Crippen molar-refractivity contribution in [3.63, 3.8) is 0 Å². The van der Waals surface area contributed by atoms with E-state index in [1.54, 1.807) is 0 Å². The Morgan fingerprint density at radius 3 is 2.79 bits per heavy atom. The Hall–Kier alpha value is -0.740. The number of aliphatic hydroxyl groups excluding tert-OH is 1. The lowest BCUT2D eigenvalue weighted by molar-refractivity contribution is -0.142. The Kier molecular flexibility index (Phi) is 6.14. The smallest absolute Gasteiger partial charge is 0.307 e. The molecule has 0 saturated carbocycles. The van der Waals surface area contributed by atoms with Gasteiger partial charge in [-0.1, -0.05) is 0 Å². The SMILES string of the molecule is COCC(CO)NS(=O)(=O)N1CCCC(C(=O)O)C1. The third-order valence-corrected chi connectivity index (χ3v) is 4.62. The summed E-state index contributed by atoms with van der Waals surface area (Å²) in [5, 5.41) is 18.0. The molecule has 3 N–H and O–H groups in total. The Morgan fingerprint density at radius 1 is 1.58 bits per heavy atom. The summed E-state index contributed by atoms with van der Waals surface area (Å²) in [6.07, 6.45) is 0.981. The van der Waals surface area contributed by atoms with Gasteiger partial charge in [-0.15, -0.1) is 0 Å². The van der Waals surface area contributed by atoms with Crippen LogP contribution in [0, 0.1) is 5.92 Å². The number of ether oxygens (including phenoxy) is 1. The van der Waals surface area contributed by atoms with Crippen molar-refractivity contribution in [1.82, 2.24) is 9.03 Å².